The molecule has 0 saturated carbocycles. The Morgan fingerprint density at radius 2 is 2.00 bits per heavy atom. The summed E-state index contributed by atoms with van der Waals surface area (Å²) >= 11 is 0. The number of sulfonamides is 1. The average molecular weight is 344 g/mol. The number of aromatic nitrogens is 3. The van der Waals surface area contributed by atoms with Crippen LogP contribution >= 0.6 is 0 Å². The van der Waals surface area contributed by atoms with Gasteiger partial charge in [-0.1, -0.05) is 11.6 Å². The van der Waals surface area contributed by atoms with Gasteiger partial charge in [0.25, 0.3) is 0 Å². The summed E-state index contributed by atoms with van der Waals surface area (Å²) in [7, 11) is -3.58. The van der Waals surface area contributed by atoms with E-state index in [0.717, 1.165) is 11.2 Å². The van der Waals surface area contributed by atoms with E-state index in [0.29, 0.717) is 24.2 Å². The van der Waals surface area contributed by atoms with E-state index in [1.54, 1.807) is 13.8 Å². The first kappa shape index (κ1) is 15.4. The number of H-pyrrole nitrogens is 2. The van der Waals surface area contributed by atoms with Crippen molar-refractivity contribution in [2.45, 2.75) is 44.6 Å². The smallest absolute Gasteiger partial charge is 0.244 e. The molecule has 1 atom stereocenters. The quantitative estimate of drug-likeness (QED) is 0.681. The summed E-state index contributed by atoms with van der Waals surface area (Å²) in [5, 5.41) is 7.92. The van der Waals surface area contributed by atoms with Gasteiger partial charge in [0.15, 0.2) is 0 Å². The van der Waals surface area contributed by atoms with Gasteiger partial charge in [0.05, 0.1) is 11.4 Å². The first-order valence-corrected chi connectivity index (χ1v) is 9.47. The van der Waals surface area contributed by atoms with Crippen LogP contribution in [0.2, 0.25) is 0 Å². The Hall–Kier alpha value is -2.12. The molecule has 1 unspecified atom stereocenters. The number of aryl methyl sites for hydroxylation is 3. The number of aromatic amines is 2. The molecule has 4 rings (SSSR count). The van der Waals surface area contributed by atoms with Crippen molar-refractivity contribution in [2.24, 2.45) is 0 Å². The van der Waals surface area contributed by atoms with E-state index >= 15 is 0 Å². The van der Waals surface area contributed by atoms with Gasteiger partial charge in [0.2, 0.25) is 10.0 Å². The van der Waals surface area contributed by atoms with E-state index < -0.39 is 10.0 Å². The van der Waals surface area contributed by atoms with Crippen molar-refractivity contribution in [3.8, 4) is 0 Å². The highest BCUT2D eigenvalue weighted by Gasteiger charge is 2.31. The third kappa shape index (κ3) is 2.35. The highest BCUT2D eigenvalue weighted by molar-refractivity contribution is 7.89. The molecule has 2 heterocycles. The fraction of sp³-hybridized carbons (Fsp3) is 0.353. The van der Waals surface area contributed by atoms with Crippen LogP contribution in [0.15, 0.2) is 23.1 Å². The standard InChI is InChI=1S/C17H20N4O2S/c1-9-4-5-15-13(6-9)14-7-12(8-16(14)18-15)21-24(22,23)17-10(2)19-20-11(17)3/h4-6,12,18,21H,7-8H2,1-3H3,(H,19,20). The predicted octanol–water partition coefficient (Wildman–Crippen LogP) is 2.26. The molecule has 0 saturated heterocycles. The van der Waals surface area contributed by atoms with Crippen molar-refractivity contribution in [3.63, 3.8) is 0 Å². The van der Waals surface area contributed by atoms with E-state index in [2.05, 4.69) is 45.0 Å². The monoisotopic (exact) mass is 344 g/mol. The minimum Gasteiger partial charge on any atom is -0.358 e. The van der Waals surface area contributed by atoms with Crippen LogP contribution in [0, 0.1) is 20.8 Å². The summed E-state index contributed by atoms with van der Waals surface area (Å²) in [5.74, 6) is 0. The number of hydrogen-bond acceptors (Lipinski definition) is 3. The van der Waals surface area contributed by atoms with Gasteiger partial charge in [0, 0.05) is 29.1 Å². The summed E-state index contributed by atoms with van der Waals surface area (Å²) < 4.78 is 28.2. The molecule has 1 aliphatic rings. The summed E-state index contributed by atoms with van der Waals surface area (Å²) in [6.07, 6.45) is 1.38. The van der Waals surface area contributed by atoms with E-state index in [1.165, 1.54) is 16.5 Å². The van der Waals surface area contributed by atoms with E-state index in [1.807, 2.05) is 0 Å². The molecule has 1 aliphatic carbocycles. The Kier molecular flexibility index (Phi) is 3.33. The van der Waals surface area contributed by atoms with Crippen molar-refractivity contribution >= 4 is 20.9 Å². The molecule has 0 fully saturated rings. The fourth-order valence-electron chi connectivity index (χ4n) is 3.69. The normalized spacial score (nSPS) is 17.5. The molecule has 0 radical (unpaired) electrons. The number of rotatable bonds is 3. The van der Waals surface area contributed by atoms with E-state index in [4.69, 9.17) is 0 Å². The summed E-state index contributed by atoms with van der Waals surface area (Å²) in [6.45, 7) is 5.49. The van der Waals surface area contributed by atoms with Crippen LogP contribution in [-0.4, -0.2) is 29.6 Å². The van der Waals surface area contributed by atoms with Gasteiger partial charge < -0.3 is 4.98 Å². The number of nitrogens with one attached hydrogen (secondary N) is 3. The van der Waals surface area contributed by atoms with Crippen molar-refractivity contribution < 1.29 is 8.42 Å². The molecule has 2 aromatic heterocycles. The summed E-state index contributed by atoms with van der Waals surface area (Å²) in [4.78, 5) is 3.69. The van der Waals surface area contributed by atoms with Gasteiger partial charge in [-0.15, -0.1) is 0 Å². The molecule has 24 heavy (non-hydrogen) atoms. The SMILES string of the molecule is Cc1ccc2[nH]c3c(c2c1)CC(NS(=O)(=O)c1c(C)n[nH]c1C)C3. The Balaban J connectivity index is 1.62. The topological polar surface area (TPSA) is 90.6 Å². The maximum Gasteiger partial charge on any atom is 0.244 e. The number of benzene rings is 1. The Labute approximate surface area is 140 Å². The van der Waals surface area contributed by atoms with Gasteiger partial charge in [-0.05, 0) is 44.9 Å². The number of fused-ring (bicyclic) bond motifs is 3. The zero-order chi connectivity index (χ0) is 17.1. The number of nitrogens with zero attached hydrogens (tertiary/aromatic N) is 1. The van der Waals surface area contributed by atoms with Gasteiger partial charge in [-0.2, -0.15) is 5.10 Å². The Morgan fingerprint density at radius 3 is 2.71 bits per heavy atom. The predicted molar refractivity (Wildman–Crippen MR) is 92.6 cm³/mol. The second-order valence-corrected chi connectivity index (χ2v) is 8.27. The second-order valence-electron chi connectivity index (χ2n) is 6.62. The van der Waals surface area contributed by atoms with Crippen LogP contribution in [0.3, 0.4) is 0 Å². The zero-order valence-corrected chi connectivity index (χ0v) is 14.7. The largest absolute Gasteiger partial charge is 0.358 e. The molecule has 0 amide bonds. The zero-order valence-electron chi connectivity index (χ0n) is 13.9. The molecule has 6 nitrogen and oxygen atoms in total. The summed E-state index contributed by atoms with van der Waals surface area (Å²) in [5.41, 5.74) is 5.74. The van der Waals surface area contributed by atoms with Crippen LogP contribution in [0.4, 0.5) is 0 Å². The highest BCUT2D eigenvalue weighted by atomic mass is 32.2. The van der Waals surface area contributed by atoms with Crippen LogP contribution in [0.1, 0.15) is 28.2 Å². The van der Waals surface area contributed by atoms with Crippen LogP contribution in [0.5, 0.6) is 0 Å². The van der Waals surface area contributed by atoms with Gasteiger partial charge in [0.1, 0.15) is 4.90 Å². The maximum atomic E-state index is 12.7. The minimum absolute atomic E-state index is 0.130. The van der Waals surface area contributed by atoms with E-state index in [9.17, 15) is 8.42 Å². The lowest BCUT2D eigenvalue weighted by molar-refractivity contribution is 0.554. The lowest BCUT2D eigenvalue weighted by Crippen LogP contribution is -2.36. The third-order valence-electron chi connectivity index (χ3n) is 4.70. The second kappa shape index (κ2) is 5.19. The molecule has 1 aromatic carbocycles. The van der Waals surface area contributed by atoms with Gasteiger partial charge in [-0.3, -0.25) is 5.10 Å². The molecule has 0 spiro atoms. The molecule has 0 aliphatic heterocycles. The number of hydrogen-bond donors (Lipinski definition) is 3. The van der Waals surface area contributed by atoms with Crippen LogP contribution in [-0.2, 0) is 22.9 Å². The lowest BCUT2D eigenvalue weighted by atomic mass is 10.1. The lowest BCUT2D eigenvalue weighted by Gasteiger charge is -2.13. The average Bonchev–Trinajstić information content (AvgIpc) is 3.12. The molecule has 3 aromatic rings. The molecule has 3 N–H and O–H groups in total. The molecule has 7 heteroatoms. The highest BCUT2D eigenvalue weighted by Crippen LogP contribution is 2.31. The Morgan fingerprint density at radius 1 is 1.21 bits per heavy atom. The molecular weight excluding hydrogens is 324 g/mol. The van der Waals surface area contributed by atoms with E-state index in [-0.39, 0.29) is 10.9 Å². The van der Waals surface area contributed by atoms with Crippen LogP contribution < -0.4 is 4.72 Å². The molecular formula is C17H20N4O2S. The fourth-order valence-corrected chi connectivity index (χ4v) is 5.29. The Bertz CT molecular complexity index is 1030. The minimum atomic E-state index is -3.58. The van der Waals surface area contributed by atoms with Gasteiger partial charge >= 0.3 is 0 Å². The van der Waals surface area contributed by atoms with Crippen molar-refractivity contribution in [3.05, 3.63) is 46.4 Å². The first-order chi connectivity index (χ1) is 11.3. The summed E-state index contributed by atoms with van der Waals surface area (Å²) in [6, 6.07) is 6.19. The van der Waals surface area contributed by atoms with Crippen LogP contribution in [0.25, 0.3) is 10.9 Å². The first-order valence-electron chi connectivity index (χ1n) is 7.99. The maximum absolute atomic E-state index is 12.7. The van der Waals surface area contributed by atoms with Crippen molar-refractivity contribution in [1.82, 2.24) is 19.9 Å². The van der Waals surface area contributed by atoms with Crippen molar-refractivity contribution in [1.29, 1.82) is 0 Å². The van der Waals surface area contributed by atoms with Crippen molar-refractivity contribution in [2.75, 3.05) is 0 Å². The molecule has 126 valence electrons. The third-order valence-corrected chi connectivity index (χ3v) is 6.48. The molecule has 0 bridgehead atoms. The van der Waals surface area contributed by atoms with Gasteiger partial charge in [-0.25, -0.2) is 13.1 Å².